The lowest BCUT2D eigenvalue weighted by molar-refractivity contribution is 0.0771. The van der Waals surface area contributed by atoms with E-state index in [4.69, 9.17) is 16.3 Å². The maximum Gasteiger partial charge on any atom is 0.146 e. The number of hydrogen-bond acceptors (Lipinski definition) is 6. The predicted octanol–water partition coefficient (Wildman–Crippen LogP) is 2.58. The Labute approximate surface area is 142 Å². The lowest BCUT2D eigenvalue weighted by Gasteiger charge is -2.29. The minimum absolute atomic E-state index is 0.285. The van der Waals surface area contributed by atoms with Crippen LogP contribution < -0.4 is 15.5 Å². The summed E-state index contributed by atoms with van der Waals surface area (Å²) in [6.45, 7) is 4.93. The summed E-state index contributed by atoms with van der Waals surface area (Å²) < 4.78 is 5.99. The van der Waals surface area contributed by atoms with Gasteiger partial charge in [0.1, 0.15) is 22.3 Å². The van der Waals surface area contributed by atoms with Gasteiger partial charge in [-0.05, 0) is 46.2 Å². The van der Waals surface area contributed by atoms with Crippen LogP contribution in [0.4, 0.5) is 5.82 Å². The van der Waals surface area contributed by atoms with Crippen molar-refractivity contribution in [1.29, 1.82) is 0 Å². The Morgan fingerprint density at radius 3 is 2.74 bits per heavy atom. The van der Waals surface area contributed by atoms with Crippen molar-refractivity contribution < 1.29 is 4.74 Å². The number of nitrogens with one attached hydrogen (secondary N) is 2. The Hall–Kier alpha value is -1.92. The van der Waals surface area contributed by atoms with Gasteiger partial charge >= 0.3 is 0 Å². The number of aromatic nitrogens is 1. The molecule has 0 saturated heterocycles. The molecular weight excluding hydrogens is 314 g/mol. The summed E-state index contributed by atoms with van der Waals surface area (Å²) in [5.74, 6) is 1.44. The van der Waals surface area contributed by atoms with E-state index in [1.165, 1.54) is 0 Å². The lowest BCUT2D eigenvalue weighted by atomic mass is 10.1. The van der Waals surface area contributed by atoms with Crippen LogP contribution in [0.15, 0.2) is 41.5 Å². The largest absolute Gasteiger partial charge is 0.485 e. The number of nitrogens with zero attached hydrogens (tertiary/aromatic N) is 3. The third-order valence-corrected chi connectivity index (χ3v) is 3.58. The average Bonchev–Trinajstić information content (AvgIpc) is 2.44. The number of rotatable bonds is 6. The molecule has 0 atom stereocenters. The van der Waals surface area contributed by atoms with Gasteiger partial charge in [-0.15, -0.1) is 0 Å². The number of ether oxygens (including phenoxy) is 1. The Kier molecular flexibility index (Phi) is 5.38. The van der Waals surface area contributed by atoms with Gasteiger partial charge in [0.2, 0.25) is 0 Å². The summed E-state index contributed by atoms with van der Waals surface area (Å²) in [4.78, 5) is 6.48. The van der Waals surface area contributed by atoms with Crippen molar-refractivity contribution in [3.05, 3.63) is 41.5 Å². The van der Waals surface area contributed by atoms with Crippen LogP contribution in [-0.2, 0) is 0 Å². The number of hydrazine groups is 1. The van der Waals surface area contributed by atoms with Gasteiger partial charge in [0, 0.05) is 19.8 Å². The fourth-order valence-electron chi connectivity index (χ4n) is 2.40. The summed E-state index contributed by atoms with van der Waals surface area (Å²) >= 11 is 6.22. The smallest absolute Gasteiger partial charge is 0.146 e. The van der Waals surface area contributed by atoms with Gasteiger partial charge in [-0.25, -0.2) is 4.98 Å². The average molecular weight is 338 g/mol. The van der Waals surface area contributed by atoms with E-state index in [9.17, 15) is 0 Å². The fraction of sp³-hybridized carbons (Fsp3) is 0.438. The van der Waals surface area contributed by atoms with Crippen molar-refractivity contribution in [2.75, 3.05) is 33.0 Å². The zero-order valence-corrected chi connectivity index (χ0v) is 15.0. The summed E-state index contributed by atoms with van der Waals surface area (Å²) in [7, 11) is 5.89. The number of anilines is 1. The summed E-state index contributed by atoms with van der Waals surface area (Å²) in [6, 6.07) is 3.77. The van der Waals surface area contributed by atoms with Crippen LogP contribution in [0.1, 0.15) is 13.8 Å². The van der Waals surface area contributed by atoms with Crippen LogP contribution >= 0.6 is 11.6 Å². The molecule has 126 valence electrons. The molecule has 0 unspecified atom stereocenters. The van der Waals surface area contributed by atoms with Crippen molar-refractivity contribution in [1.82, 2.24) is 20.3 Å². The molecule has 1 aliphatic heterocycles. The van der Waals surface area contributed by atoms with Crippen LogP contribution in [-0.4, -0.2) is 48.2 Å². The first-order chi connectivity index (χ1) is 10.8. The number of hydrogen-bond donors (Lipinski definition) is 2. The molecule has 0 fully saturated rings. The van der Waals surface area contributed by atoms with E-state index in [1.807, 2.05) is 39.4 Å². The minimum atomic E-state index is -0.285. The normalized spacial score (nSPS) is 15.0. The van der Waals surface area contributed by atoms with Gasteiger partial charge in [-0.3, -0.25) is 5.01 Å². The summed E-state index contributed by atoms with van der Waals surface area (Å²) in [6.07, 6.45) is 5.37. The zero-order valence-electron chi connectivity index (χ0n) is 14.2. The number of allylic oxidation sites excluding steroid dienone is 1. The third kappa shape index (κ3) is 5.04. The molecule has 1 aromatic heterocycles. The molecule has 0 aromatic carbocycles. The van der Waals surface area contributed by atoms with Crippen LogP contribution in [0.5, 0.6) is 5.75 Å². The van der Waals surface area contributed by atoms with E-state index in [1.54, 1.807) is 17.4 Å². The van der Waals surface area contributed by atoms with Crippen molar-refractivity contribution in [2.24, 2.45) is 0 Å². The minimum Gasteiger partial charge on any atom is -0.485 e. The van der Waals surface area contributed by atoms with Gasteiger partial charge in [-0.1, -0.05) is 11.6 Å². The molecule has 0 bridgehead atoms. The maximum absolute atomic E-state index is 6.22. The molecule has 0 spiro atoms. The first kappa shape index (κ1) is 17.4. The molecule has 0 aliphatic carbocycles. The predicted molar refractivity (Wildman–Crippen MR) is 94.0 cm³/mol. The van der Waals surface area contributed by atoms with Crippen LogP contribution in [0.2, 0.25) is 0 Å². The van der Waals surface area contributed by atoms with Gasteiger partial charge in [-0.2, -0.15) is 0 Å². The first-order valence-electron chi connectivity index (χ1n) is 7.40. The molecule has 1 aromatic rings. The van der Waals surface area contributed by atoms with E-state index < -0.39 is 0 Å². The van der Waals surface area contributed by atoms with Crippen molar-refractivity contribution >= 4 is 17.4 Å². The molecular formula is C16H24ClN5O. The SMILES string of the molecule is CN(C)CC(C)(C)Oc1ccc(NC2=C(Cl)N(C)NC=C2)nc1. The van der Waals surface area contributed by atoms with Crippen molar-refractivity contribution in [2.45, 2.75) is 19.4 Å². The van der Waals surface area contributed by atoms with Crippen LogP contribution in [0.25, 0.3) is 0 Å². The highest BCUT2D eigenvalue weighted by Gasteiger charge is 2.21. The van der Waals surface area contributed by atoms with Gasteiger partial charge in [0.05, 0.1) is 11.9 Å². The Bertz CT molecular complexity index is 595. The molecule has 2 rings (SSSR count). The molecule has 0 saturated carbocycles. The van der Waals surface area contributed by atoms with Crippen molar-refractivity contribution in [3.8, 4) is 5.75 Å². The first-order valence-corrected chi connectivity index (χ1v) is 7.78. The second kappa shape index (κ2) is 7.10. The zero-order chi connectivity index (χ0) is 17.0. The number of pyridine rings is 1. The quantitative estimate of drug-likeness (QED) is 0.778. The lowest BCUT2D eigenvalue weighted by Crippen LogP contribution is -2.39. The summed E-state index contributed by atoms with van der Waals surface area (Å²) in [5.41, 5.74) is 3.47. The second-order valence-electron chi connectivity index (χ2n) is 6.33. The monoisotopic (exact) mass is 337 g/mol. The molecule has 0 radical (unpaired) electrons. The standard InChI is InChI=1S/C16H24ClN5O/c1-16(2,11-21(3)4)23-12-6-7-14(18-10-12)20-13-8-9-19-22(5)15(13)17/h6-10,19H,11H2,1-5H3,(H,18,20). The van der Waals surface area contributed by atoms with Gasteiger partial charge in [0.15, 0.2) is 0 Å². The van der Waals surface area contributed by atoms with Gasteiger partial charge < -0.3 is 20.4 Å². The highest BCUT2D eigenvalue weighted by molar-refractivity contribution is 6.29. The Morgan fingerprint density at radius 1 is 1.39 bits per heavy atom. The van der Waals surface area contributed by atoms with E-state index in [2.05, 4.69) is 34.5 Å². The van der Waals surface area contributed by atoms with E-state index in [0.29, 0.717) is 11.0 Å². The molecule has 2 N–H and O–H groups in total. The molecule has 0 amide bonds. The molecule has 7 heteroatoms. The Morgan fingerprint density at radius 2 is 2.13 bits per heavy atom. The topological polar surface area (TPSA) is 52.7 Å². The van der Waals surface area contributed by atoms with Gasteiger partial charge in [0.25, 0.3) is 0 Å². The maximum atomic E-state index is 6.22. The third-order valence-electron chi connectivity index (χ3n) is 3.13. The van der Waals surface area contributed by atoms with Crippen LogP contribution in [0.3, 0.4) is 0 Å². The van der Waals surface area contributed by atoms with Crippen molar-refractivity contribution in [3.63, 3.8) is 0 Å². The van der Waals surface area contributed by atoms with Crippen LogP contribution in [0, 0.1) is 0 Å². The molecule has 6 nitrogen and oxygen atoms in total. The number of likely N-dealkylation sites (N-methyl/N-ethyl adjacent to an activating group) is 1. The van der Waals surface area contributed by atoms with E-state index >= 15 is 0 Å². The highest BCUT2D eigenvalue weighted by Crippen LogP contribution is 2.22. The molecule has 1 aliphatic rings. The summed E-state index contributed by atoms with van der Waals surface area (Å²) in [5, 5.41) is 5.47. The molecule has 23 heavy (non-hydrogen) atoms. The van der Waals surface area contributed by atoms with E-state index in [0.717, 1.165) is 18.0 Å². The second-order valence-corrected chi connectivity index (χ2v) is 6.69. The highest BCUT2D eigenvalue weighted by atomic mass is 35.5. The number of halogens is 1. The molecule has 2 heterocycles. The fourth-order valence-corrected chi connectivity index (χ4v) is 2.56. The van der Waals surface area contributed by atoms with E-state index in [-0.39, 0.29) is 5.60 Å². The Balaban J connectivity index is 2.03.